The molecule has 5 nitrogen and oxygen atoms in total. The zero-order valence-electron chi connectivity index (χ0n) is 14.2. The fourth-order valence-corrected chi connectivity index (χ4v) is 3.41. The summed E-state index contributed by atoms with van der Waals surface area (Å²) in [7, 11) is 0. The molecule has 0 spiro atoms. The number of alkyl halides is 3. The predicted molar refractivity (Wildman–Crippen MR) is 83.2 cm³/mol. The Morgan fingerprint density at radius 1 is 1.17 bits per heavy atom. The number of amides is 2. The van der Waals surface area contributed by atoms with Crippen molar-refractivity contribution in [3.05, 3.63) is 0 Å². The number of nitrogens with zero attached hydrogens (tertiary/aromatic N) is 2. The van der Waals surface area contributed by atoms with Crippen molar-refractivity contribution in [2.75, 3.05) is 26.2 Å². The lowest BCUT2D eigenvalue weighted by atomic mass is 9.98. The molecule has 1 N–H and O–H groups in total. The maximum atomic E-state index is 12.6. The van der Waals surface area contributed by atoms with Gasteiger partial charge in [0.1, 0.15) is 6.04 Å². The lowest BCUT2D eigenvalue weighted by Gasteiger charge is -2.35. The second kappa shape index (κ2) is 7.72. The van der Waals surface area contributed by atoms with Gasteiger partial charge in [-0.1, -0.05) is 6.92 Å². The van der Waals surface area contributed by atoms with Crippen molar-refractivity contribution in [1.82, 2.24) is 15.1 Å². The first-order valence-electron chi connectivity index (χ1n) is 8.59. The van der Waals surface area contributed by atoms with Crippen LogP contribution in [0.4, 0.5) is 13.2 Å². The van der Waals surface area contributed by atoms with Gasteiger partial charge in [0.15, 0.2) is 0 Å². The van der Waals surface area contributed by atoms with E-state index >= 15 is 0 Å². The van der Waals surface area contributed by atoms with Crippen molar-refractivity contribution < 1.29 is 22.8 Å². The number of nitrogens with one attached hydrogen (secondary N) is 1. The molecule has 8 heteroatoms. The molecule has 2 aliphatic rings. The molecule has 138 valence electrons. The van der Waals surface area contributed by atoms with Crippen molar-refractivity contribution in [2.45, 2.75) is 57.8 Å². The number of hydrogen-bond acceptors (Lipinski definition) is 3. The lowest BCUT2D eigenvalue weighted by Crippen LogP contribution is -2.52. The van der Waals surface area contributed by atoms with Crippen LogP contribution in [0.3, 0.4) is 0 Å². The van der Waals surface area contributed by atoms with Crippen LogP contribution in [0, 0.1) is 5.92 Å². The van der Waals surface area contributed by atoms with E-state index in [1.165, 1.54) is 0 Å². The summed E-state index contributed by atoms with van der Waals surface area (Å²) in [5.74, 6) is -1.69. The molecule has 0 aliphatic carbocycles. The van der Waals surface area contributed by atoms with Crippen LogP contribution < -0.4 is 5.32 Å². The average molecular weight is 349 g/mol. The molecule has 0 aromatic carbocycles. The van der Waals surface area contributed by atoms with Crippen molar-refractivity contribution in [3.63, 3.8) is 0 Å². The predicted octanol–water partition coefficient (Wildman–Crippen LogP) is 1.78. The monoisotopic (exact) mass is 349 g/mol. The molecule has 0 radical (unpaired) electrons. The topological polar surface area (TPSA) is 52.7 Å². The number of halogens is 3. The van der Waals surface area contributed by atoms with Gasteiger partial charge in [0, 0.05) is 19.1 Å². The van der Waals surface area contributed by atoms with Gasteiger partial charge in [-0.3, -0.25) is 14.5 Å². The van der Waals surface area contributed by atoms with E-state index in [0.29, 0.717) is 23.8 Å². The van der Waals surface area contributed by atoms with E-state index in [0.717, 1.165) is 25.9 Å². The number of carbonyl (C=O) groups excluding carboxylic acids is 2. The zero-order valence-corrected chi connectivity index (χ0v) is 14.2. The van der Waals surface area contributed by atoms with Crippen LogP contribution in [0.15, 0.2) is 0 Å². The molecule has 2 atom stereocenters. The first kappa shape index (κ1) is 19.0. The Hall–Kier alpha value is -1.31. The molecular weight excluding hydrogens is 323 g/mol. The maximum Gasteiger partial charge on any atom is 0.471 e. The summed E-state index contributed by atoms with van der Waals surface area (Å²) >= 11 is 0. The average Bonchev–Trinajstić information content (AvgIpc) is 3.00. The van der Waals surface area contributed by atoms with Crippen LogP contribution in [-0.2, 0) is 9.59 Å². The van der Waals surface area contributed by atoms with Gasteiger partial charge in [0.25, 0.3) is 0 Å². The molecule has 0 saturated carbocycles. The second-order valence-electron chi connectivity index (χ2n) is 6.97. The first-order chi connectivity index (χ1) is 11.2. The summed E-state index contributed by atoms with van der Waals surface area (Å²) < 4.78 is 37.8. The Morgan fingerprint density at radius 3 is 2.38 bits per heavy atom. The molecule has 2 fully saturated rings. The SMILES string of the molecule is CC1CCN(C(C)CNC(=O)C2CCCN2C(=O)C(F)(F)F)CC1. The minimum atomic E-state index is -4.93. The summed E-state index contributed by atoms with van der Waals surface area (Å²) in [6, 6.07) is -0.873. The van der Waals surface area contributed by atoms with Crippen molar-refractivity contribution in [2.24, 2.45) is 5.92 Å². The minimum Gasteiger partial charge on any atom is -0.353 e. The molecule has 2 unspecified atom stereocenters. The molecule has 0 aromatic rings. The molecule has 24 heavy (non-hydrogen) atoms. The van der Waals surface area contributed by atoms with E-state index in [1.54, 1.807) is 0 Å². The quantitative estimate of drug-likeness (QED) is 0.842. The largest absolute Gasteiger partial charge is 0.471 e. The van der Waals surface area contributed by atoms with E-state index in [4.69, 9.17) is 0 Å². The highest BCUT2D eigenvalue weighted by Gasteiger charge is 2.47. The van der Waals surface area contributed by atoms with Gasteiger partial charge in [-0.25, -0.2) is 0 Å². The van der Waals surface area contributed by atoms with E-state index in [1.807, 2.05) is 6.92 Å². The number of piperidine rings is 1. The molecule has 0 bridgehead atoms. The molecule has 2 rings (SSSR count). The Morgan fingerprint density at radius 2 is 1.79 bits per heavy atom. The van der Waals surface area contributed by atoms with Crippen LogP contribution in [0.25, 0.3) is 0 Å². The Balaban J connectivity index is 1.84. The minimum absolute atomic E-state index is 0.0179. The molecule has 2 amide bonds. The number of likely N-dealkylation sites (tertiary alicyclic amines) is 2. The van der Waals surface area contributed by atoms with Gasteiger partial charge in [-0.15, -0.1) is 0 Å². The van der Waals surface area contributed by atoms with Gasteiger partial charge in [-0.05, 0) is 51.6 Å². The van der Waals surface area contributed by atoms with Crippen LogP contribution in [-0.4, -0.2) is 66.1 Å². The van der Waals surface area contributed by atoms with Crippen LogP contribution >= 0.6 is 0 Å². The summed E-state index contributed by atoms with van der Waals surface area (Å²) in [6.45, 7) is 6.54. The standard InChI is InChI=1S/C16H26F3N3O2/c1-11-5-8-21(9-6-11)12(2)10-20-14(23)13-4-3-7-22(13)15(24)16(17,18)19/h11-13H,3-10H2,1-2H3,(H,20,23). The molecule has 2 saturated heterocycles. The third-order valence-electron chi connectivity index (χ3n) is 5.07. The fourth-order valence-electron chi connectivity index (χ4n) is 3.41. The maximum absolute atomic E-state index is 12.6. The fraction of sp³-hybridized carbons (Fsp3) is 0.875. The smallest absolute Gasteiger partial charge is 0.353 e. The van der Waals surface area contributed by atoms with E-state index in [-0.39, 0.29) is 19.0 Å². The van der Waals surface area contributed by atoms with Gasteiger partial charge in [-0.2, -0.15) is 13.2 Å². The third kappa shape index (κ3) is 4.62. The highest BCUT2D eigenvalue weighted by Crippen LogP contribution is 2.25. The van der Waals surface area contributed by atoms with Gasteiger partial charge >= 0.3 is 12.1 Å². The van der Waals surface area contributed by atoms with Crippen LogP contribution in [0.2, 0.25) is 0 Å². The van der Waals surface area contributed by atoms with Crippen LogP contribution in [0.5, 0.6) is 0 Å². The summed E-state index contributed by atoms with van der Waals surface area (Å²) in [5, 5.41) is 2.73. The van der Waals surface area contributed by atoms with Gasteiger partial charge < -0.3 is 10.2 Å². The van der Waals surface area contributed by atoms with Gasteiger partial charge in [0.2, 0.25) is 5.91 Å². The van der Waals surface area contributed by atoms with E-state index in [9.17, 15) is 22.8 Å². The number of rotatable bonds is 4. The number of hydrogen-bond donors (Lipinski definition) is 1. The third-order valence-corrected chi connectivity index (χ3v) is 5.07. The Labute approximate surface area is 140 Å². The number of carbonyl (C=O) groups is 2. The highest BCUT2D eigenvalue weighted by atomic mass is 19.4. The second-order valence-corrected chi connectivity index (χ2v) is 6.97. The molecule has 0 aromatic heterocycles. The lowest BCUT2D eigenvalue weighted by molar-refractivity contribution is -0.186. The van der Waals surface area contributed by atoms with E-state index in [2.05, 4.69) is 17.1 Å². The molecule has 2 heterocycles. The first-order valence-corrected chi connectivity index (χ1v) is 8.59. The van der Waals surface area contributed by atoms with Crippen molar-refractivity contribution in [1.29, 1.82) is 0 Å². The Bertz CT molecular complexity index is 462. The summed E-state index contributed by atoms with van der Waals surface area (Å²) in [5.41, 5.74) is 0. The molecule has 2 aliphatic heterocycles. The van der Waals surface area contributed by atoms with Crippen LogP contribution in [0.1, 0.15) is 39.5 Å². The zero-order chi connectivity index (χ0) is 17.9. The Kier molecular flexibility index (Phi) is 6.11. The summed E-state index contributed by atoms with van der Waals surface area (Å²) in [6.07, 6.45) is -1.99. The van der Waals surface area contributed by atoms with E-state index < -0.39 is 24.0 Å². The summed E-state index contributed by atoms with van der Waals surface area (Å²) in [4.78, 5) is 26.6. The van der Waals surface area contributed by atoms with Crippen molar-refractivity contribution >= 4 is 11.8 Å². The van der Waals surface area contributed by atoms with Crippen molar-refractivity contribution in [3.8, 4) is 0 Å². The van der Waals surface area contributed by atoms with Gasteiger partial charge in [0.05, 0.1) is 0 Å². The molecular formula is C16H26F3N3O2. The normalized spacial score (nSPS) is 24.9. The highest BCUT2D eigenvalue weighted by molar-refractivity contribution is 5.90.